The van der Waals surface area contributed by atoms with Crippen LogP contribution in [-0.2, 0) is 9.63 Å². The Bertz CT molecular complexity index is 247. The highest BCUT2D eigenvalue weighted by Gasteiger charge is 2.34. The minimum Gasteiger partial charge on any atom is -0.356 e. The first kappa shape index (κ1) is 11.8. The van der Waals surface area contributed by atoms with Crippen molar-refractivity contribution >= 4 is 5.97 Å². The lowest BCUT2D eigenvalue weighted by atomic mass is 9.92. The summed E-state index contributed by atoms with van der Waals surface area (Å²) in [6, 6.07) is 0.715. The summed E-state index contributed by atoms with van der Waals surface area (Å²) < 4.78 is 0. The third-order valence-electron chi connectivity index (χ3n) is 3.88. The van der Waals surface area contributed by atoms with Gasteiger partial charge in [0.25, 0.3) is 0 Å². The highest BCUT2D eigenvalue weighted by atomic mass is 16.7. The van der Waals surface area contributed by atoms with Gasteiger partial charge in [0.15, 0.2) is 0 Å². The predicted molar refractivity (Wildman–Crippen MR) is 60.0 cm³/mol. The molecule has 1 saturated heterocycles. The van der Waals surface area contributed by atoms with Crippen LogP contribution in [0, 0.1) is 5.92 Å². The first-order valence-electron chi connectivity index (χ1n) is 6.20. The number of hydrogen-bond donors (Lipinski definition) is 2. The number of piperidine rings is 1. The largest absolute Gasteiger partial charge is 0.356 e. The third kappa shape index (κ3) is 2.72. The van der Waals surface area contributed by atoms with Crippen molar-refractivity contribution in [2.75, 3.05) is 13.1 Å². The normalized spacial score (nSPS) is 30.1. The van der Waals surface area contributed by atoms with E-state index in [0.717, 1.165) is 19.0 Å². The number of rotatable bonds is 4. The second-order valence-corrected chi connectivity index (χ2v) is 4.78. The molecule has 5 nitrogen and oxygen atoms in total. The standard InChI is InChI=1S/C11H21N3O2/c12-13-16-11(15)6-8-14-7-2-4-9-3-1-5-10(9)14/h9-10,13H,1-8,12H2. The van der Waals surface area contributed by atoms with Crippen molar-refractivity contribution in [3.8, 4) is 0 Å². The highest BCUT2D eigenvalue weighted by molar-refractivity contribution is 5.69. The van der Waals surface area contributed by atoms with Gasteiger partial charge in [-0.05, 0) is 38.1 Å². The van der Waals surface area contributed by atoms with Gasteiger partial charge in [0, 0.05) is 12.6 Å². The second kappa shape index (κ2) is 5.61. The van der Waals surface area contributed by atoms with Gasteiger partial charge in [-0.2, -0.15) is 0 Å². The van der Waals surface area contributed by atoms with E-state index in [0.29, 0.717) is 12.5 Å². The topological polar surface area (TPSA) is 67.6 Å². The molecule has 2 unspecified atom stereocenters. The van der Waals surface area contributed by atoms with Gasteiger partial charge in [-0.15, -0.1) is 0 Å². The summed E-state index contributed by atoms with van der Waals surface area (Å²) >= 11 is 0. The Balaban J connectivity index is 1.77. The number of nitrogens with one attached hydrogen (secondary N) is 1. The van der Waals surface area contributed by atoms with Crippen molar-refractivity contribution in [2.24, 2.45) is 11.8 Å². The van der Waals surface area contributed by atoms with Gasteiger partial charge in [-0.1, -0.05) is 12.0 Å². The van der Waals surface area contributed by atoms with Crippen LogP contribution in [0.4, 0.5) is 0 Å². The van der Waals surface area contributed by atoms with Gasteiger partial charge in [0.2, 0.25) is 0 Å². The molecular formula is C11H21N3O2. The summed E-state index contributed by atoms with van der Waals surface area (Å²) in [5.74, 6) is 5.51. The van der Waals surface area contributed by atoms with E-state index in [1.54, 1.807) is 0 Å². The van der Waals surface area contributed by atoms with Gasteiger partial charge in [-0.3, -0.25) is 9.69 Å². The molecule has 2 fully saturated rings. The van der Waals surface area contributed by atoms with E-state index in [2.05, 4.69) is 9.74 Å². The average molecular weight is 227 g/mol. The lowest BCUT2D eigenvalue weighted by Crippen LogP contribution is -2.43. The molecule has 3 N–H and O–H groups in total. The Morgan fingerprint density at radius 3 is 3.00 bits per heavy atom. The van der Waals surface area contributed by atoms with Gasteiger partial charge < -0.3 is 4.84 Å². The zero-order chi connectivity index (χ0) is 11.4. The summed E-state index contributed by atoms with van der Waals surface area (Å²) in [6.07, 6.45) is 7.08. The van der Waals surface area contributed by atoms with E-state index in [4.69, 9.17) is 5.84 Å². The molecule has 0 radical (unpaired) electrons. The lowest BCUT2D eigenvalue weighted by Gasteiger charge is -2.37. The SMILES string of the molecule is NNOC(=O)CCN1CCCC2CCCC21. The van der Waals surface area contributed by atoms with Crippen LogP contribution in [0.1, 0.15) is 38.5 Å². The monoisotopic (exact) mass is 227 g/mol. The van der Waals surface area contributed by atoms with E-state index < -0.39 is 0 Å². The molecule has 0 aromatic heterocycles. The molecular weight excluding hydrogens is 206 g/mol. The fourth-order valence-corrected chi connectivity index (χ4v) is 3.19. The van der Waals surface area contributed by atoms with Crippen LogP contribution in [0.3, 0.4) is 0 Å². The number of likely N-dealkylation sites (tertiary alicyclic amines) is 1. The molecule has 1 aliphatic heterocycles. The van der Waals surface area contributed by atoms with Crippen LogP contribution < -0.4 is 11.4 Å². The second-order valence-electron chi connectivity index (χ2n) is 4.78. The maximum Gasteiger partial charge on any atom is 0.327 e. The Kier molecular flexibility index (Phi) is 4.15. The zero-order valence-electron chi connectivity index (χ0n) is 9.65. The molecule has 2 atom stereocenters. The maximum atomic E-state index is 11.2. The molecule has 0 amide bonds. The summed E-state index contributed by atoms with van der Waals surface area (Å²) in [5, 5.41) is 0. The maximum absolute atomic E-state index is 11.2. The molecule has 5 heteroatoms. The minimum atomic E-state index is -0.275. The minimum absolute atomic E-state index is 0.275. The first-order chi connectivity index (χ1) is 7.81. The quantitative estimate of drug-likeness (QED) is 0.542. The van der Waals surface area contributed by atoms with Gasteiger partial charge in [0.05, 0.1) is 6.42 Å². The van der Waals surface area contributed by atoms with E-state index in [9.17, 15) is 4.79 Å². The molecule has 0 bridgehead atoms. The fraction of sp³-hybridized carbons (Fsp3) is 0.909. The summed E-state index contributed by atoms with van der Waals surface area (Å²) in [4.78, 5) is 18.2. The number of fused-ring (bicyclic) bond motifs is 1. The van der Waals surface area contributed by atoms with E-state index in [1.807, 2.05) is 5.59 Å². The molecule has 1 saturated carbocycles. The third-order valence-corrected chi connectivity index (χ3v) is 3.88. The van der Waals surface area contributed by atoms with Crippen LogP contribution >= 0.6 is 0 Å². The Morgan fingerprint density at radius 2 is 2.19 bits per heavy atom. The number of hydrogen-bond acceptors (Lipinski definition) is 5. The first-order valence-corrected chi connectivity index (χ1v) is 6.20. The van der Waals surface area contributed by atoms with Gasteiger partial charge in [-0.25, -0.2) is 5.84 Å². The lowest BCUT2D eigenvalue weighted by molar-refractivity contribution is -0.151. The number of nitrogens with zero attached hydrogens (tertiary/aromatic N) is 1. The van der Waals surface area contributed by atoms with E-state index >= 15 is 0 Å². The van der Waals surface area contributed by atoms with Crippen molar-refractivity contribution in [3.05, 3.63) is 0 Å². The van der Waals surface area contributed by atoms with Crippen LogP contribution in [0.25, 0.3) is 0 Å². The molecule has 0 aromatic carbocycles. The molecule has 1 heterocycles. The van der Waals surface area contributed by atoms with E-state index in [-0.39, 0.29) is 5.97 Å². The molecule has 92 valence electrons. The predicted octanol–water partition coefficient (Wildman–Crippen LogP) is 0.562. The smallest absolute Gasteiger partial charge is 0.327 e. The van der Waals surface area contributed by atoms with Crippen molar-refractivity contribution in [1.29, 1.82) is 0 Å². The molecule has 0 spiro atoms. The Labute approximate surface area is 96.2 Å². The van der Waals surface area contributed by atoms with Crippen LogP contribution in [0.2, 0.25) is 0 Å². The zero-order valence-corrected chi connectivity index (χ0v) is 9.65. The number of hydrazine groups is 1. The number of nitrogens with two attached hydrogens (primary N) is 1. The summed E-state index contributed by atoms with van der Waals surface area (Å²) in [6.45, 7) is 1.94. The Hall–Kier alpha value is -0.650. The van der Waals surface area contributed by atoms with Gasteiger partial charge in [0.1, 0.15) is 0 Å². The number of carbonyl (C=O) groups is 1. The van der Waals surface area contributed by atoms with Crippen molar-refractivity contribution in [2.45, 2.75) is 44.6 Å². The van der Waals surface area contributed by atoms with E-state index in [1.165, 1.54) is 32.1 Å². The van der Waals surface area contributed by atoms with Crippen LogP contribution in [0.15, 0.2) is 0 Å². The van der Waals surface area contributed by atoms with Crippen LogP contribution in [-0.4, -0.2) is 30.0 Å². The molecule has 2 rings (SSSR count). The van der Waals surface area contributed by atoms with Crippen molar-refractivity contribution in [3.63, 3.8) is 0 Å². The van der Waals surface area contributed by atoms with Crippen molar-refractivity contribution in [1.82, 2.24) is 10.5 Å². The molecule has 0 aromatic rings. The van der Waals surface area contributed by atoms with Gasteiger partial charge >= 0.3 is 5.97 Å². The molecule has 2 aliphatic rings. The highest BCUT2D eigenvalue weighted by Crippen LogP contribution is 2.36. The fourth-order valence-electron chi connectivity index (χ4n) is 3.19. The number of carbonyl (C=O) groups excluding carboxylic acids is 1. The average Bonchev–Trinajstić information content (AvgIpc) is 2.75. The summed E-state index contributed by atoms with van der Waals surface area (Å²) in [7, 11) is 0. The summed E-state index contributed by atoms with van der Waals surface area (Å²) in [5.41, 5.74) is 1.93. The van der Waals surface area contributed by atoms with Crippen molar-refractivity contribution < 1.29 is 9.63 Å². The Morgan fingerprint density at radius 1 is 1.38 bits per heavy atom. The van der Waals surface area contributed by atoms with Crippen LogP contribution in [0.5, 0.6) is 0 Å². The molecule has 1 aliphatic carbocycles. The molecule has 16 heavy (non-hydrogen) atoms.